The summed E-state index contributed by atoms with van der Waals surface area (Å²) in [6, 6.07) is 3.46. The molecule has 1 aliphatic rings. The molecule has 1 heterocycles. The topological polar surface area (TPSA) is 64.8 Å². The number of morpholine rings is 1. The highest BCUT2D eigenvalue weighted by Gasteiger charge is 2.29. The summed E-state index contributed by atoms with van der Waals surface area (Å²) in [4.78, 5) is 13.3. The molecule has 2 rings (SSSR count). The summed E-state index contributed by atoms with van der Waals surface area (Å²) >= 11 is 0. The lowest BCUT2D eigenvalue weighted by Gasteiger charge is -2.35. The number of rotatable bonds is 5. The van der Waals surface area contributed by atoms with E-state index in [1.807, 2.05) is 31.7 Å². The second kappa shape index (κ2) is 7.23. The van der Waals surface area contributed by atoms with Gasteiger partial charge >= 0.3 is 6.61 Å². The minimum Gasteiger partial charge on any atom is -0.434 e. The monoisotopic (exact) mass is 328 g/mol. The van der Waals surface area contributed by atoms with E-state index in [0.717, 1.165) is 11.1 Å². The molecule has 1 aromatic rings. The Labute approximate surface area is 134 Å². The van der Waals surface area contributed by atoms with Gasteiger partial charge in [0, 0.05) is 25.2 Å². The van der Waals surface area contributed by atoms with Crippen molar-refractivity contribution in [1.82, 2.24) is 4.90 Å². The lowest BCUT2D eigenvalue weighted by atomic mass is 10.0. The predicted octanol–water partition coefficient (Wildman–Crippen LogP) is 1.98. The molecule has 0 saturated carbocycles. The number of ether oxygens (including phenoxy) is 2. The maximum absolute atomic E-state index is 12.6. The molecule has 1 saturated heterocycles. The summed E-state index contributed by atoms with van der Waals surface area (Å²) in [6.45, 7) is 4.04. The van der Waals surface area contributed by atoms with Crippen LogP contribution < -0.4 is 10.5 Å². The van der Waals surface area contributed by atoms with Gasteiger partial charge in [-0.25, -0.2) is 0 Å². The highest BCUT2D eigenvalue weighted by molar-refractivity contribution is 5.79. The number of benzene rings is 1. The van der Waals surface area contributed by atoms with Crippen LogP contribution in [0.25, 0.3) is 0 Å². The normalized spacial score (nSPS) is 22.3. The molecule has 0 spiro atoms. The summed E-state index contributed by atoms with van der Waals surface area (Å²) in [7, 11) is 0. The van der Waals surface area contributed by atoms with Crippen LogP contribution in [0.15, 0.2) is 12.1 Å². The summed E-state index contributed by atoms with van der Waals surface area (Å²) in [5, 5.41) is 0. The summed E-state index contributed by atoms with van der Waals surface area (Å²) in [5.74, 6) is -0.358. The van der Waals surface area contributed by atoms with Gasteiger partial charge in [-0.3, -0.25) is 9.69 Å². The number of nitrogens with zero attached hydrogens (tertiary/aromatic N) is 1. The zero-order valence-electron chi connectivity index (χ0n) is 13.5. The summed E-state index contributed by atoms with van der Waals surface area (Å²) in [5.41, 5.74) is 7.85. The van der Waals surface area contributed by atoms with Crippen molar-refractivity contribution in [2.24, 2.45) is 5.73 Å². The van der Waals surface area contributed by atoms with E-state index >= 15 is 0 Å². The van der Waals surface area contributed by atoms with Gasteiger partial charge in [0.15, 0.2) is 0 Å². The molecule has 1 aromatic carbocycles. The average molecular weight is 328 g/mol. The number of halogens is 2. The minimum absolute atomic E-state index is 0.160. The fraction of sp³-hybridized carbons (Fsp3) is 0.562. The molecule has 0 aliphatic carbocycles. The molecule has 2 N–H and O–H groups in total. The Hall–Kier alpha value is -1.73. The van der Waals surface area contributed by atoms with Gasteiger partial charge in [0.2, 0.25) is 5.91 Å². The molecule has 7 heteroatoms. The van der Waals surface area contributed by atoms with Gasteiger partial charge in [0.1, 0.15) is 11.9 Å². The van der Waals surface area contributed by atoms with E-state index in [4.69, 9.17) is 10.5 Å². The fourth-order valence-electron chi connectivity index (χ4n) is 2.74. The molecule has 0 bridgehead atoms. The van der Waals surface area contributed by atoms with E-state index in [-0.39, 0.29) is 11.9 Å². The van der Waals surface area contributed by atoms with Gasteiger partial charge in [0.05, 0.1) is 6.10 Å². The number of hydrogen-bond donors (Lipinski definition) is 1. The van der Waals surface area contributed by atoms with E-state index in [9.17, 15) is 13.6 Å². The Morgan fingerprint density at radius 1 is 1.39 bits per heavy atom. The number of carbonyl (C=O) groups is 1. The van der Waals surface area contributed by atoms with E-state index in [0.29, 0.717) is 25.2 Å². The highest BCUT2D eigenvalue weighted by Crippen LogP contribution is 2.27. The van der Waals surface area contributed by atoms with E-state index in [1.165, 1.54) is 0 Å². The zero-order valence-corrected chi connectivity index (χ0v) is 13.5. The van der Waals surface area contributed by atoms with Crippen molar-refractivity contribution < 1.29 is 23.0 Å². The summed E-state index contributed by atoms with van der Waals surface area (Å²) in [6.07, 6.45) is -0.850. The number of aryl methyl sites for hydroxylation is 2. The van der Waals surface area contributed by atoms with Crippen LogP contribution in [0.2, 0.25) is 0 Å². The molecular weight excluding hydrogens is 306 g/mol. The Morgan fingerprint density at radius 2 is 2.04 bits per heavy atom. The second-order valence-electron chi connectivity index (χ2n) is 5.95. The maximum atomic E-state index is 12.6. The Balaban J connectivity index is 2.20. The lowest BCUT2D eigenvalue weighted by Crippen LogP contribution is -2.51. The van der Waals surface area contributed by atoms with E-state index in [1.54, 1.807) is 6.07 Å². The number of alkyl halides is 2. The first-order valence-corrected chi connectivity index (χ1v) is 7.48. The molecule has 2 atom stereocenters. The lowest BCUT2D eigenvalue weighted by molar-refractivity contribution is -0.142. The smallest absolute Gasteiger partial charge is 0.387 e. The van der Waals surface area contributed by atoms with Crippen molar-refractivity contribution >= 4 is 5.91 Å². The van der Waals surface area contributed by atoms with Gasteiger partial charge < -0.3 is 15.2 Å². The van der Waals surface area contributed by atoms with Gasteiger partial charge in [-0.2, -0.15) is 8.78 Å². The van der Waals surface area contributed by atoms with Gasteiger partial charge in [-0.1, -0.05) is 6.07 Å². The maximum Gasteiger partial charge on any atom is 0.387 e. The number of carbonyl (C=O) groups excluding carboxylic acids is 1. The van der Waals surface area contributed by atoms with Crippen molar-refractivity contribution in [2.45, 2.75) is 46.1 Å². The minimum atomic E-state index is -2.88. The SMILES string of the molecule is Cc1cc(CN2C[C@@H](C)O[C@H](C(N)=O)C2)c(OC(F)F)cc1C. The number of amides is 1. The molecule has 1 aliphatic heterocycles. The van der Waals surface area contributed by atoms with Crippen LogP contribution in [0.3, 0.4) is 0 Å². The molecule has 23 heavy (non-hydrogen) atoms. The first kappa shape index (κ1) is 17.6. The first-order chi connectivity index (χ1) is 10.8. The molecule has 0 unspecified atom stereocenters. The van der Waals surface area contributed by atoms with Crippen LogP contribution in [-0.4, -0.2) is 42.7 Å². The van der Waals surface area contributed by atoms with Crippen LogP contribution in [0.4, 0.5) is 8.78 Å². The first-order valence-electron chi connectivity index (χ1n) is 7.48. The van der Waals surface area contributed by atoms with Crippen LogP contribution >= 0.6 is 0 Å². The Kier molecular flexibility index (Phi) is 5.54. The largest absolute Gasteiger partial charge is 0.434 e. The zero-order chi connectivity index (χ0) is 17.1. The molecule has 128 valence electrons. The highest BCUT2D eigenvalue weighted by atomic mass is 19.3. The Morgan fingerprint density at radius 3 is 2.65 bits per heavy atom. The van der Waals surface area contributed by atoms with Gasteiger partial charge in [-0.15, -0.1) is 0 Å². The van der Waals surface area contributed by atoms with E-state index < -0.39 is 18.6 Å². The number of hydrogen-bond acceptors (Lipinski definition) is 4. The van der Waals surface area contributed by atoms with Crippen LogP contribution in [0.1, 0.15) is 23.6 Å². The van der Waals surface area contributed by atoms with Crippen molar-refractivity contribution in [3.8, 4) is 5.75 Å². The van der Waals surface area contributed by atoms with Gasteiger partial charge in [0.25, 0.3) is 0 Å². The number of nitrogens with two attached hydrogens (primary N) is 1. The molecular formula is C16H22F2N2O3. The van der Waals surface area contributed by atoms with Crippen molar-refractivity contribution in [2.75, 3.05) is 13.1 Å². The van der Waals surface area contributed by atoms with Gasteiger partial charge in [-0.05, 0) is 38.0 Å². The van der Waals surface area contributed by atoms with Crippen molar-refractivity contribution in [1.29, 1.82) is 0 Å². The van der Waals surface area contributed by atoms with Crippen molar-refractivity contribution in [3.63, 3.8) is 0 Å². The third kappa shape index (κ3) is 4.62. The Bertz CT molecular complexity index is 581. The second-order valence-corrected chi connectivity index (χ2v) is 5.95. The number of primary amides is 1. The third-order valence-corrected chi connectivity index (χ3v) is 3.94. The predicted molar refractivity (Wildman–Crippen MR) is 81.4 cm³/mol. The molecule has 0 radical (unpaired) electrons. The molecule has 1 amide bonds. The van der Waals surface area contributed by atoms with Crippen LogP contribution in [-0.2, 0) is 16.1 Å². The molecule has 0 aromatic heterocycles. The molecule has 1 fully saturated rings. The third-order valence-electron chi connectivity index (χ3n) is 3.94. The van der Waals surface area contributed by atoms with Crippen LogP contribution in [0, 0.1) is 13.8 Å². The summed E-state index contributed by atoms with van der Waals surface area (Å²) < 4.78 is 35.4. The molecule has 5 nitrogen and oxygen atoms in total. The average Bonchev–Trinajstić information content (AvgIpc) is 2.43. The van der Waals surface area contributed by atoms with E-state index in [2.05, 4.69) is 4.74 Å². The quantitative estimate of drug-likeness (QED) is 0.898. The van der Waals surface area contributed by atoms with Crippen LogP contribution in [0.5, 0.6) is 5.75 Å². The van der Waals surface area contributed by atoms with Crippen molar-refractivity contribution in [3.05, 3.63) is 28.8 Å². The standard InChI is InChI=1S/C16H22F2N2O3/c1-9-4-12(13(5-10(9)2)23-16(17)18)7-20-6-11(3)22-14(8-20)15(19)21/h4-5,11,14,16H,6-8H2,1-3H3,(H2,19,21)/t11-,14+/m1/s1. The fourth-order valence-corrected chi connectivity index (χ4v) is 2.74.